The summed E-state index contributed by atoms with van der Waals surface area (Å²) >= 11 is 0. The van der Waals surface area contributed by atoms with Crippen molar-refractivity contribution in [1.29, 1.82) is 0 Å². The molecule has 0 saturated carbocycles. The zero-order chi connectivity index (χ0) is 25.4. The van der Waals surface area contributed by atoms with Crippen LogP contribution >= 0.6 is 0 Å². The van der Waals surface area contributed by atoms with E-state index in [0.717, 1.165) is 33.3 Å². The molecule has 1 unspecified atom stereocenters. The number of nitrogens with zero attached hydrogens (tertiary/aromatic N) is 3. The van der Waals surface area contributed by atoms with E-state index in [4.69, 9.17) is 4.74 Å². The van der Waals surface area contributed by atoms with E-state index in [1.165, 1.54) is 0 Å². The van der Waals surface area contributed by atoms with E-state index in [9.17, 15) is 14.4 Å². The number of aromatic amines is 1. The van der Waals surface area contributed by atoms with E-state index in [2.05, 4.69) is 21.6 Å². The highest BCUT2D eigenvalue weighted by Crippen LogP contribution is 2.43. The van der Waals surface area contributed by atoms with Gasteiger partial charge in [-0.2, -0.15) is 5.10 Å². The van der Waals surface area contributed by atoms with Crippen molar-refractivity contribution < 1.29 is 19.1 Å². The molecule has 9 heteroatoms. The number of carbonyl (C=O) groups is 3. The Bertz CT molecular complexity index is 1320. The summed E-state index contributed by atoms with van der Waals surface area (Å²) in [6, 6.07) is 11.7. The Balaban J connectivity index is 1.30. The van der Waals surface area contributed by atoms with Crippen LogP contribution in [0.4, 0.5) is 10.5 Å². The lowest BCUT2D eigenvalue weighted by atomic mass is 9.82. The highest BCUT2D eigenvalue weighted by Gasteiger charge is 2.45. The first-order chi connectivity index (χ1) is 17.3. The summed E-state index contributed by atoms with van der Waals surface area (Å²) in [6.45, 7) is 2.93. The van der Waals surface area contributed by atoms with Crippen LogP contribution in [0.2, 0.25) is 0 Å². The lowest BCUT2D eigenvalue weighted by molar-refractivity contribution is -0.142. The predicted octanol–water partition coefficient (Wildman–Crippen LogP) is 3.59. The fourth-order valence-corrected chi connectivity index (χ4v) is 5.51. The van der Waals surface area contributed by atoms with Crippen molar-refractivity contribution in [1.82, 2.24) is 20.0 Å². The lowest BCUT2D eigenvalue weighted by Crippen LogP contribution is -2.50. The second-order valence-electron chi connectivity index (χ2n) is 10.0. The van der Waals surface area contributed by atoms with Crippen LogP contribution in [0, 0.1) is 12.8 Å². The number of likely N-dealkylation sites (tertiary alicyclic amines) is 1. The third-order valence-electron chi connectivity index (χ3n) is 7.37. The van der Waals surface area contributed by atoms with Crippen molar-refractivity contribution in [3.63, 3.8) is 0 Å². The molecule has 2 aromatic carbocycles. The number of ether oxygens (including phenoxy) is 1. The minimum Gasteiger partial charge on any atom is -0.438 e. The van der Waals surface area contributed by atoms with Crippen LogP contribution in [0.3, 0.4) is 0 Å². The molecule has 3 heterocycles. The van der Waals surface area contributed by atoms with Gasteiger partial charge in [-0.3, -0.25) is 20.0 Å². The van der Waals surface area contributed by atoms with Crippen molar-refractivity contribution in [3.8, 4) is 0 Å². The zero-order valence-corrected chi connectivity index (χ0v) is 20.8. The van der Waals surface area contributed by atoms with Gasteiger partial charge in [-0.25, -0.2) is 4.79 Å². The van der Waals surface area contributed by atoms with E-state index in [1.807, 2.05) is 37.3 Å². The lowest BCUT2D eigenvalue weighted by Gasteiger charge is -2.44. The van der Waals surface area contributed by atoms with Crippen molar-refractivity contribution in [2.45, 2.75) is 38.2 Å². The number of H-pyrrole nitrogens is 1. The molecule has 0 bridgehead atoms. The molecule has 2 aliphatic heterocycles. The SMILES string of the molecule is Cc1cc(CC(CC(=O)N2CCC3(CC2)OC(=O)Nc2ccccc23)C(=O)N(C)C)cc2cn[nH]c12. The van der Waals surface area contributed by atoms with Crippen LogP contribution in [-0.4, -0.2) is 65.1 Å². The Hall–Kier alpha value is -3.88. The van der Waals surface area contributed by atoms with Crippen LogP contribution in [0.1, 0.15) is 36.0 Å². The van der Waals surface area contributed by atoms with E-state index < -0.39 is 17.6 Å². The average molecular weight is 490 g/mol. The number of para-hydroxylation sites is 1. The number of rotatable bonds is 5. The largest absolute Gasteiger partial charge is 0.438 e. The summed E-state index contributed by atoms with van der Waals surface area (Å²) in [4.78, 5) is 42.0. The topological polar surface area (TPSA) is 108 Å². The number of benzene rings is 2. The number of aryl methyl sites for hydroxylation is 1. The van der Waals surface area contributed by atoms with Gasteiger partial charge in [-0.05, 0) is 36.6 Å². The predicted molar refractivity (Wildman–Crippen MR) is 135 cm³/mol. The van der Waals surface area contributed by atoms with Gasteiger partial charge in [0.2, 0.25) is 11.8 Å². The third kappa shape index (κ3) is 4.41. The Morgan fingerprint density at radius 1 is 1.19 bits per heavy atom. The Labute approximate surface area is 209 Å². The first-order valence-corrected chi connectivity index (χ1v) is 12.3. The van der Waals surface area contributed by atoms with Crippen LogP contribution in [0.15, 0.2) is 42.6 Å². The first-order valence-electron chi connectivity index (χ1n) is 12.3. The maximum absolute atomic E-state index is 13.4. The average Bonchev–Trinajstić information content (AvgIpc) is 3.33. The smallest absolute Gasteiger partial charge is 0.412 e. The molecule has 9 nitrogen and oxygen atoms in total. The quantitative estimate of drug-likeness (QED) is 0.570. The van der Waals surface area contributed by atoms with Gasteiger partial charge in [0, 0.05) is 57.4 Å². The van der Waals surface area contributed by atoms with Crippen molar-refractivity contribution in [2.75, 3.05) is 32.5 Å². The second-order valence-corrected chi connectivity index (χ2v) is 10.0. The highest BCUT2D eigenvalue weighted by molar-refractivity contribution is 5.89. The molecule has 1 atom stereocenters. The van der Waals surface area contributed by atoms with Crippen molar-refractivity contribution in [2.24, 2.45) is 5.92 Å². The maximum atomic E-state index is 13.4. The molecule has 0 aliphatic carbocycles. The molecule has 188 valence electrons. The molecule has 1 fully saturated rings. The summed E-state index contributed by atoms with van der Waals surface area (Å²) in [5.41, 5.74) is 4.02. The summed E-state index contributed by atoms with van der Waals surface area (Å²) < 4.78 is 5.78. The van der Waals surface area contributed by atoms with Gasteiger partial charge in [0.05, 0.1) is 23.3 Å². The molecule has 2 N–H and O–H groups in total. The second kappa shape index (κ2) is 9.29. The van der Waals surface area contributed by atoms with Gasteiger partial charge in [0.15, 0.2) is 0 Å². The molecule has 5 rings (SSSR count). The van der Waals surface area contributed by atoms with Gasteiger partial charge < -0.3 is 14.5 Å². The fraction of sp³-hybridized carbons (Fsp3) is 0.407. The molecule has 1 saturated heterocycles. The number of anilines is 1. The van der Waals surface area contributed by atoms with E-state index in [0.29, 0.717) is 32.4 Å². The summed E-state index contributed by atoms with van der Waals surface area (Å²) in [5, 5.41) is 10.9. The molecule has 36 heavy (non-hydrogen) atoms. The van der Waals surface area contributed by atoms with Gasteiger partial charge in [-0.1, -0.05) is 24.3 Å². The maximum Gasteiger partial charge on any atom is 0.412 e. The number of piperidine rings is 1. The molecule has 0 radical (unpaired) electrons. The molecule has 3 amide bonds. The van der Waals surface area contributed by atoms with Gasteiger partial charge in [-0.15, -0.1) is 0 Å². The van der Waals surface area contributed by atoms with Crippen molar-refractivity contribution >= 4 is 34.5 Å². The molecule has 1 spiro atoms. The highest BCUT2D eigenvalue weighted by atomic mass is 16.6. The monoisotopic (exact) mass is 489 g/mol. The van der Waals surface area contributed by atoms with E-state index in [1.54, 1.807) is 30.1 Å². The minimum absolute atomic E-state index is 0.0558. The summed E-state index contributed by atoms with van der Waals surface area (Å²) in [5.74, 6) is -0.590. The minimum atomic E-state index is -0.730. The molecule has 2 aliphatic rings. The van der Waals surface area contributed by atoms with Crippen LogP contribution in [-0.2, 0) is 26.3 Å². The van der Waals surface area contributed by atoms with Gasteiger partial charge >= 0.3 is 6.09 Å². The Kier molecular flexibility index (Phi) is 6.15. The van der Waals surface area contributed by atoms with E-state index >= 15 is 0 Å². The standard InChI is InChI=1S/C27H31N5O4/c1-17-12-18(14-20-16-28-30-24(17)20)13-19(25(34)31(2)3)15-23(33)32-10-8-27(9-11-32)21-6-4-5-7-22(21)29-26(35)36-27/h4-7,12,14,16,19H,8-11,13,15H2,1-3H3,(H,28,30)(H,29,35). The zero-order valence-electron chi connectivity index (χ0n) is 20.8. The Morgan fingerprint density at radius 3 is 2.69 bits per heavy atom. The van der Waals surface area contributed by atoms with Crippen molar-refractivity contribution in [3.05, 3.63) is 59.3 Å². The number of amides is 3. The Morgan fingerprint density at radius 2 is 1.94 bits per heavy atom. The first kappa shape index (κ1) is 23.8. The number of carbonyl (C=O) groups excluding carboxylic acids is 3. The van der Waals surface area contributed by atoms with Gasteiger partial charge in [0.1, 0.15) is 5.60 Å². The molecule has 3 aromatic rings. The van der Waals surface area contributed by atoms with Crippen LogP contribution in [0.25, 0.3) is 10.9 Å². The summed E-state index contributed by atoms with van der Waals surface area (Å²) in [6.07, 6.45) is 2.95. The summed E-state index contributed by atoms with van der Waals surface area (Å²) in [7, 11) is 3.44. The number of aromatic nitrogens is 2. The van der Waals surface area contributed by atoms with E-state index in [-0.39, 0.29) is 18.2 Å². The third-order valence-corrected chi connectivity index (χ3v) is 7.37. The number of nitrogens with one attached hydrogen (secondary N) is 2. The normalized spacial score (nSPS) is 17.3. The molecular weight excluding hydrogens is 458 g/mol. The van der Waals surface area contributed by atoms with Gasteiger partial charge in [0.25, 0.3) is 0 Å². The number of fused-ring (bicyclic) bond motifs is 3. The van der Waals surface area contributed by atoms with Crippen LogP contribution in [0.5, 0.6) is 0 Å². The molecular formula is C27H31N5O4. The number of hydrogen-bond acceptors (Lipinski definition) is 5. The van der Waals surface area contributed by atoms with Crippen LogP contribution < -0.4 is 5.32 Å². The number of hydrogen-bond donors (Lipinski definition) is 2. The molecule has 1 aromatic heterocycles. The fourth-order valence-electron chi connectivity index (χ4n) is 5.51.